The van der Waals surface area contributed by atoms with Crippen LogP contribution in [-0.2, 0) is 27.5 Å². The Hall–Kier alpha value is -4.05. The molecular formula is C37H29N2O2PtS-. The van der Waals surface area contributed by atoms with Gasteiger partial charge in [-0.3, -0.25) is 4.98 Å². The molecule has 4 nitrogen and oxygen atoms in total. The molecule has 4 aromatic carbocycles. The van der Waals surface area contributed by atoms with E-state index in [0.717, 1.165) is 33.2 Å². The number of ether oxygens (including phenoxy) is 1. The Morgan fingerprint density at radius 1 is 0.767 bits per heavy atom. The molecule has 7 aromatic rings. The van der Waals surface area contributed by atoms with Crippen molar-refractivity contribution in [2.45, 2.75) is 27.2 Å². The number of aromatic hydroxyl groups is 1. The predicted octanol–water partition coefficient (Wildman–Crippen LogP) is 10.2. The van der Waals surface area contributed by atoms with Gasteiger partial charge in [-0.05, 0) is 52.1 Å². The SMILES string of the molecule is CC(C)(C)Cc1ccc2c(ccc3c4cc(Oc5cccc(-c6[c-]cccc6)n5)nc(-c5ccccc5O)c4sc23)c1.[Pt]. The van der Waals surface area contributed by atoms with E-state index in [-0.39, 0.29) is 32.2 Å². The van der Waals surface area contributed by atoms with Crippen LogP contribution in [-0.4, -0.2) is 15.1 Å². The number of hydrogen-bond acceptors (Lipinski definition) is 5. The zero-order chi connectivity index (χ0) is 28.8. The molecule has 7 rings (SSSR count). The third kappa shape index (κ3) is 5.80. The molecule has 0 unspecified atom stereocenters. The summed E-state index contributed by atoms with van der Waals surface area (Å²) < 4.78 is 8.51. The van der Waals surface area contributed by atoms with Gasteiger partial charge in [-0.1, -0.05) is 75.4 Å². The average Bonchev–Trinajstić information content (AvgIpc) is 3.36. The Labute approximate surface area is 269 Å². The van der Waals surface area contributed by atoms with Crippen molar-refractivity contribution in [1.29, 1.82) is 0 Å². The second-order valence-electron chi connectivity index (χ2n) is 11.8. The molecule has 0 spiro atoms. The van der Waals surface area contributed by atoms with Gasteiger partial charge in [0.15, 0.2) is 0 Å². The Morgan fingerprint density at radius 3 is 2.37 bits per heavy atom. The Bertz CT molecular complexity index is 2100. The second-order valence-corrected chi connectivity index (χ2v) is 12.8. The molecule has 0 saturated carbocycles. The molecule has 0 fully saturated rings. The van der Waals surface area contributed by atoms with E-state index in [9.17, 15) is 5.11 Å². The standard InChI is InChI=1S/C37H29N2O2S.Pt/c1-37(2,3)22-23-16-18-26-25(20-23)17-19-27-29-21-33(41-32-15-9-13-30(38-32)24-10-5-4-6-11-24)39-34(36(29)42-35(26)27)28-12-7-8-14-31(28)40;/h4-10,12-21,40H,22H2,1-3H3;/q-1;. The van der Waals surface area contributed by atoms with Crippen LogP contribution < -0.4 is 4.74 Å². The fourth-order valence-electron chi connectivity index (χ4n) is 5.50. The Kier molecular flexibility index (Phi) is 7.81. The molecule has 0 radical (unpaired) electrons. The number of phenols is 1. The van der Waals surface area contributed by atoms with Gasteiger partial charge in [0.1, 0.15) is 5.75 Å². The molecule has 0 saturated heterocycles. The number of hydrogen-bond donors (Lipinski definition) is 1. The molecule has 3 aromatic heterocycles. The van der Waals surface area contributed by atoms with Crippen molar-refractivity contribution < 1.29 is 30.9 Å². The first-order chi connectivity index (χ1) is 20.3. The quantitative estimate of drug-likeness (QED) is 0.178. The number of para-hydroxylation sites is 1. The first-order valence-electron chi connectivity index (χ1n) is 14.0. The molecule has 216 valence electrons. The minimum absolute atomic E-state index is 0. The third-order valence-corrected chi connectivity index (χ3v) is 8.55. The van der Waals surface area contributed by atoms with Crippen LogP contribution in [0.3, 0.4) is 0 Å². The Morgan fingerprint density at radius 2 is 1.58 bits per heavy atom. The maximum atomic E-state index is 10.8. The van der Waals surface area contributed by atoms with Crippen molar-refractivity contribution >= 4 is 42.3 Å². The third-order valence-electron chi connectivity index (χ3n) is 7.29. The summed E-state index contributed by atoms with van der Waals surface area (Å²) in [6, 6.07) is 37.2. The van der Waals surface area contributed by atoms with E-state index in [1.807, 2.05) is 66.7 Å². The van der Waals surface area contributed by atoms with Crippen molar-refractivity contribution in [1.82, 2.24) is 9.97 Å². The predicted molar refractivity (Wildman–Crippen MR) is 173 cm³/mol. The number of nitrogens with zero attached hydrogens (tertiary/aromatic N) is 2. The summed E-state index contributed by atoms with van der Waals surface area (Å²) in [5, 5.41) is 15.5. The van der Waals surface area contributed by atoms with Gasteiger partial charge in [0.25, 0.3) is 0 Å². The van der Waals surface area contributed by atoms with Gasteiger partial charge in [0.05, 0.1) is 10.4 Å². The van der Waals surface area contributed by atoms with E-state index in [1.165, 1.54) is 21.0 Å². The molecule has 0 aliphatic heterocycles. The molecule has 6 heteroatoms. The van der Waals surface area contributed by atoms with Crippen molar-refractivity contribution in [2.24, 2.45) is 5.41 Å². The zero-order valence-corrected chi connectivity index (χ0v) is 27.1. The number of benzene rings is 4. The molecular weight excluding hydrogens is 732 g/mol. The van der Waals surface area contributed by atoms with E-state index < -0.39 is 0 Å². The van der Waals surface area contributed by atoms with Crippen molar-refractivity contribution in [3.63, 3.8) is 0 Å². The van der Waals surface area contributed by atoms with Gasteiger partial charge in [0, 0.05) is 48.2 Å². The maximum absolute atomic E-state index is 10.8. The van der Waals surface area contributed by atoms with Crippen LogP contribution in [0.15, 0.2) is 103 Å². The van der Waals surface area contributed by atoms with Crippen LogP contribution in [0.25, 0.3) is 53.5 Å². The number of aromatic nitrogens is 2. The molecule has 0 aliphatic carbocycles. The van der Waals surface area contributed by atoms with Gasteiger partial charge in [0.2, 0.25) is 11.8 Å². The summed E-state index contributed by atoms with van der Waals surface area (Å²) in [6.45, 7) is 6.81. The van der Waals surface area contributed by atoms with E-state index in [1.54, 1.807) is 17.4 Å². The number of fused-ring (bicyclic) bond motifs is 5. The molecule has 0 aliphatic rings. The van der Waals surface area contributed by atoms with Gasteiger partial charge in [-0.25, -0.2) is 4.98 Å². The summed E-state index contributed by atoms with van der Waals surface area (Å²) in [4.78, 5) is 9.66. The number of rotatable bonds is 5. The van der Waals surface area contributed by atoms with Crippen LogP contribution in [0.2, 0.25) is 0 Å². The number of phenolic OH excluding ortho intramolecular Hbond substituents is 1. The van der Waals surface area contributed by atoms with E-state index in [4.69, 9.17) is 14.7 Å². The number of thiophene rings is 1. The second kappa shape index (κ2) is 11.6. The number of pyridine rings is 2. The fourth-order valence-corrected chi connectivity index (χ4v) is 6.82. The van der Waals surface area contributed by atoms with Gasteiger partial charge in [-0.15, -0.1) is 47.2 Å². The minimum Gasteiger partial charge on any atom is -0.507 e. The van der Waals surface area contributed by atoms with Crippen LogP contribution in [0.1, 0.15) is 26.3 Å². The molecule has 0 atom stereocenters. The summed E-state index contributed by atoms with van der Waals surface area (Å²) in [7, 11) is 0. The van der Waals surface area contributed by atoms with E-state index >= 15 is 0 Å². The van der Waals surface area contributed by atoms with Gasteiger partial charge >= 0.3 is 0 Å². The first-order valence-corrected chi connectivity index (χ1v) is 14.8. The summed E-state index contributed by atoms with van der Waals surface area (Å²) in [6.07, 6.45) is 1.02. The van der Waals surface area contributed by atoms with E-state index in [2.05, 4.69) is 57.2 Å². The van der Waals surface area contributed by atoms with Crippen molar-refractivity contribution in [2.75, 3.05) is 0 Å². The van der Waals surface area contributed by atoms with Gasteiger partial charge in [-0.2, -0.15) is 0 Å². The summed E-state index contributed by atoms with van der Waals surface area (Å²) in [5.41, 5.74) is 4.57. The fraction of sp³-hybridized carbons (Fsp3) is 0.135. The zero-order valence-electron chi connectivity index (χ0n) is 24.0. The van der Waals surface area contributed by atoms with Crippen LogP contribution in [0.5, 0.6) is 17.5 Å². The molecule has 3 heterocycles. The monoisotopic (exact) mass is 760 g/mol. The maximum Gasteiger partial charge on any atom is 0.222 e. The van der Waals surface area contributed by atoms with E-state index in [0.29, 0.717) is 23.0 Å². The summed E-state index contributed by atoms with van der Waals surface area (Å²) in [5.74, 6) is 1.04. The average molecular weight is 761 g/mol. The van der Waals surface area contributed by atoms with Crippen LogP contribution in [0, 0.1) is 11.5 Å². The molecule has 0 amide bonds. The van der Waals surface area contributed by atoms with Crippen LogP contribution >= 0.6 is 11.3 Å². The van der Waals surface area contributed by atoms with Gasteiger partial charge < -0.3 is 9.84 Å². The normalized spacial score (nSPS) is 11.6. The smallest absolute Gasteiger partial charge is 0.222 e. The summed E-state index contributed by atoms with van der Waals surface area (Å²) >= 11 is 1.71. The Balaban J connectivity index is 0.00000329. The molecule has 1 N–H and O–H groups in total. The van der Waals surface area contributed by atoms with Crippen molar-refractivity contribution in [3.8, 4) is 40.0 Å². The topological polar surface area (TPSA) is 55.2 Å². The first kappa shape index (κ1) is 29.0. The minimum atomic E-state index is 0. The molecule has 43 heavy (non-hydrogen) atoms. The molecule has 0 bridgehead atoms. The largest absolute Gasteiger partial charge is 0.507 e. The van der Waals surface area contributed by atoms with Crippen molar-refractivity contribution in [3.05, 3.63) is 115 Å². The van der Waals surface area contributed by atoms with Crippen LogP contribution in [0.4, 0.5) is 0 Å².